The van der Waals surface area contributed by atoms with Crippen molar-refractivity contribution in [2.45, 2.75) is 44.2 Å². The zero-order valence-electron chi connectivity index (χ0n) is 11.3. The molecule has 0 bridgehead atoms. The van der Waals surface area contributed by atoms with E-state index >= 15 is 0 Å². The minimum Gasteiger partial charge on any atom is -0.481 e. The maximum atomic E-state index is 12.1. The second kappa shape index (κ2) is 6.69. The lowest BCUT2D eigenvalue weighted by Crippen LogP contribution is -2.48. The summed E-state index contributed by atoms with van der Waals surface area (Å²) < 4.78 is 5.48. The summed E-state index contributed by atoms with van der Waals surface area (Å²) in [5.74, 6) is -0.940. The summed E-state index contributed by atoms with van der Waals surface area (Å²) >= 11 is 0. The van der Waals surface area contributed by atoms with Gasteiger partial charge in [-0.3, -0.25) is 14.4 Å². The number of likely N-dealkylation sites (tertiary alicyclic amines) is 1. The second-order valence-corrected chi connectivity index (χ2v) is 5.20. The number of aliphatic carboxylic acids is 1. The van der Waals surface area contributed by atoms with Crippen LogP contribution in [0.3, 0.4) is 0 Å². The van der Waals surface area contributed by atoms with Crippen LogP contribution in [-0.4, -0.2) is 59.6 Å². The van der Waals surface area contributed by atoms with E-state index in [4.69, 9.17) is 9.84 Å². The molecular weight excluding hydrogens is 264 g/mol. The largest absolute Gasteiger partial charge is 0.481 e. The molecule has 0 spiro atoms. The van der Waals surface area contributed by atoms with Gasteiger partial charge in [0.05, 0.1) is 19.1 Å². The fourth-order valence-corrected chi connectivity index (χ4v) is 2.58. The molecule has 2 aliphatic rings. The highest BCUT2D eigenvalue weighted by molar-refractivity contribution is 5.90. The van der Waals surface area contributed by atoms with Gasteiger partial charge in [0, 0.05) is 19.5 Å². The zero-order valence-corrected chi connectivity index (χ0v) is 11.3. The van der Waals surface area contributed by atoms with Gasteiger partial charge >= 0.3 is 5.97 Å². The zero-order chi connectivity index (χ0) is 14.5. The molecule has 2 saturated heterocycles. The van der Waals surface area contributed by atoms with E-state index in [0.29, 0.717) is 38.8 Å². The average Bonchev–Trinajstić information content (AvgIpc) is 2.85. The SMILES string of the molecule is O=C(O)CCOC1CCN(C(=O)[C@H]2CCC(=O)N2)CC1. The molecule has 0 aromatic rings. The molecule has 1 atom stereocenters. The van der Waals surface area contributed by atoms with Gasteiger partial charge in [-0.1, -0.05) is 0 Å². The standard InChI is InChI=1S/C13H20N2O5/c16-11-2-1-10(14-11)13(19)15-6-3-9(4-7-15)20-8-5-12(17)18/h9-10H,1-8H2,(H,14,16)(H,17,18)/t10-/m1/s1. The Morgan fingerprint density at radius 1 is 1.30 bits per heavy atom. The topological polar surface area (TPSA) is 95.9 Å². The smallest absolute Gasteiger partial charge is 0.305 e. The molecule has 2 aliphatic heterocycles. The number of carboxylic acids is 1. The second-order valence-electron chi connectivity index (χ2n) is 5.20. The molecule has 0 aromatic heterocycles. The lowest BCUT2D eigenvalue weighted by Gasteiger charge is -2.33. The van der Waals surface area contributed by atoms with Gasteiger partial charge in [0.1, 0.15) is 6.04 Å². The number of carbonyl (C=O) groups excluding carboxylic acids is 2. The van der Waals surface area contributed by atoms with Crippen molar-refractivity contribution >= 4 is 17.8 Å². The molecule has 7 nitrogen and oxygen atoms in total. The molecule has 2 heterocycles. The van der Waals surface area contributed by atoms with Crippen LogP contribution in [-0.2, 0) is 19.1 Å². The monoisotopic (exact) mass is 284 g/mol. The number of carboxylic acid groups (broad SMARTS) is 1. The van der Waals surface area contributed by atoms with Crippen molar-refractivity contribution in [2.75, 3.05) is 19.7 Å². The predicted octanol–water partition coefficient (Wildman–Crippen LogP) is -0.253. The molecular formula is C13H20N2O5. The van der Waals surface area contributed by atoms with Crippen LogP contribution >= 0.6 is 0 Å². The molecule has 0 saturated carbocycles. The van der Waals surface area contributed by atoms with Crippen LogP contribution in [0.5, 0.6) is 0 Å². The predicted molar refractivity (Wildman–Crippen MR) is 69.0 cm³/mol. The Bertz CT molecular complexity index is 390. The summed E-state index contributed by atoms with van der Waals surface area (Å²) in [6.07, 6.45) is 2.46. The van der Waals surface area contributed by atoms with E-state index < -0.39 is 5.97 Å². The number of carbonyl (C=O) groups is 3. The molecule has 2 fully saturated rings. The van der Waals surface area contributed by atoms with Crippen LogP contribution in [0.1, 0.15) is 32.1 Å². The van der Waals surface area contributed by atoms with Crippen LogP contribution in [0, 0.1) is 0 Å². The lowest BCUT2D eigenvalue weighted by molar-refractivity contribution is -0.139. The quantitative estimate of drug-likeness (QED) is 0.725. The summed E-state index contributed by atoms with van der Waals surface area (Å²) in [5.41, 5.74) is 0. The van der Waals surface area contributed by atoms with Gasteiger partial charge in [0.25, 0.3) is 0 Å². The van der Waals surface area contributed by atoms with Crippen molar-refractivity contribution in [3.8, 4) is 0 Å². The van der Waals surface area contributed by atoms with E-state index in [1.165, 1.54) is 0 Å². The van der Waals surface area contributed by atoms with E-state index in [2.05, 4.69) is 5.32 Å². The normalized spacial score (nSPS) is 23.7. The summed E-state index contributed by atoms with van der Waals surface area (Å²) in [6.45, 7) is 1.42. The minimum absolute atomic E-state index is 0.00719. The van der Waals surface area contributed by atoms with E-state index in [0.717, 1.165) is 0 Å². The number of amides is 2. The molecule has 2 amide bonds. The first-order valence-corrected chi connectivity index (χ1v) is 6.98. The Labute approximate surface area is 117 Å². The minimum atomic E-state index is -0.866. The van der Waals surface area contributed by atoms with Crippen molar-refractivity contribution in [2.24, 2.45) is 0 Å². The first-order valence-electron chi connectivity index (χ1n) is 6.98. The molecule has 20 heavy (non-hydrogen) atoms. The molecule has 0 aromatic carbocycles. The highest BCUT2D eigenvalue weighted by atomic mass is 16.5. The maximum absolute atomic E-state index is 12.1. The number of rotatable bonds is 5. The van der Waals surface area contributed by atoms with E-state index in [-0.39, 0.29) is 37.0 Å². The molecule has 112 valence electrons. The third-order valence-corrected chi connectivity index (χ3v) is 3.72. The van der Waals surface area contributed by atoms with Crippen LogP contribution in [0.2, 0.25) is 0 Å². The van der Waals surface area contributed by atoms with Crippen molar-refractivity contribution in [3.05, 3.63) is 0 Å². The summed E-state index contributed by atoms with van der Waals surface area (Å²) in [6, 6.07) is -0.369. The molecule has 7 heteroatoms. The number of hydrogen-bond donors (Lipinski definition) is 2. The summed E-state index contributed by atoms with van der Waals surface area (Å²) in [5, 5.41) is 11.2. The van der Waals surface area contributed by atoms with Crippen molar-refractivity contribution in [1.82, 2.24) is 10.2 Å². The van der Waals surface area contributed by atoms with Crippen LogP contribution in [0.15, 0.2) is 0 Å². The third kappa shape index (κ3) is 3.93. The average molecular weight is 284 g/mol. The van der Waals surface area contributed by atoms with Gasteiger partial charge in [-0.05, 0) is 19.3 Å². The lowest BCUT2D eigenvalue weighted by atomic mass is 10.1. The van der Waals surface area contributed by atoms with Gasteiger partial charge in [0.2, 0.25) is 11.8 Å². The first kappa shape index (κ1) is 14.8. The molecule has 2 N–H and O–H groups in total. The maximum Gasteiger partial charge on any atom is 0.305 e. The Morgan fingerprint density at radius 2 is 2.00 bits per heavy atom. The number of piperidine rings is 1. The fourth-order valence-electron chi connectivity index (χ4n) is 2.58. The van der Waals surface area contributed by atoms with Gasteiger partial charge < -0.3 is 20.1 Å². The number of ether oxygens (including phenoxy) is 1. The third-order valence-electron chi connectivity index (χ3n) is 3.72. The number of hydrogen-bond acceptors (Lipinski definition) is 4. The Morgan fingerprint density at radius 3 is 2.55 bits per heavy atom. The number of nitrogens with one attached hydrogen (secondary N) is 1. The van der Waals surface area contributed by atoms with Gasteiger partial charge in [0.15, 0.2) is 0 Å². The molecule has 2 rings (SSSR count). The molecule has 0 aliphatic carbocycles. The van der Waals surface area contributed by atoms with E-state index in [9.17, 15) is 14.4 Å². The Hall–Kier alpha value is -1.63. The van der Waals surface area contributed by atoms with Crippen molar-refractivity contribution in [3.63, 3.8) is 0 Å². The molecule has 0 radical (unpaired) electrons. The summed E-state index contributed by atoms with van der Waals surface area (Å²) in [7, 11) is 0. The number of nitrogens with zero attached hydrogens (tertiary/aromatic N) is 1. The highest BCUT2D eigenvalue weighted by Crippen LogP contribution is 2.17. The van der Waals surface area contributed by atoms with Crippen LogP contribution < -0.4 is 5.32 Å². The van der Waals surface area contributed by atoms with Crippen molar-refractivity contribution in [1.29, 1.82) is 0 Å². The highest BCUT2D eigenvalue weighted by Gasteiger charge is 2.32. The first-order chi connectivity index (χ1) is 9.56. The Kier molecular flexibility index (Phi) is 4.94. The van der Waals surface area contributed by atoms with E-state index in [1.54, 1.807) is 4.90 Å². The van der Waals surface area contributed by atoms with Crippen LogP contribution in [0.25, 0.3) is 0 Å². The fraction of sp³-hybridized carbons (Fsp3) is 0.769. The molecule has 0 unspecified atom stereocenters. The summed E-state index contributed by atoms with van der Waals surface area (Å²) in [4.78, 5) is 35.4. The van der Waals surface area contributed by atoms with Gasteiger partial charge in [-0.15, -0.1) is 0 Å². The van der Waals surface area contributed by atoms with Crippen LogP contribution in [0.4, 0.5) is 0 Å². The van der Waals surface area contributed by atoms with E-state index in [1.807, 2.05) is 0 Å². The Balaban J connectivity index is 1.69. The van der Waals surface area contributed by atoms with Gasteiger partial charge in [-0.2, -0.15) is 0 Å². The van der Waals surface area contributed by atoms with Crippen molar-refractivity contribution < 1.29 is 24.2 Å². The van der Waals surface area contributed by atoms with Gasteiger partial charge in [-0.25, -0.2) is 0 Å².